The first-order chi connectivity index (χ1) is 11.5. The average Bonchev–Trinajstić information content (AvgIpc) is 2.98. The Kier molecular flexibility index (Phi) is 4.62. The van der Waals surface area contributed by atoms with E-state index in [0.717, 1.165) is 5.56 Å². The minimum Gasteiger partial charge on any atom is -0.360 e. The molecular weight excluding hydrogens is 331 g/mol. The molecule has 4 nitrogen and oxygen atoms in total. The van der Waals surface area contributed by atoms with Gasteiger partial charge in [-0.2, -0.15) is 0 Å². The molecule has 0 aliphatic carbocycles. The molecule has 3 aromatic rings. The molecule has 0 spiro atoms. The van der Waals surface area contributed by atoms with Gasteiger partial charge >= 0.3 is 0 Å². The number of fused-ring (bicyclic) bond motifs is 1. The lowest BCUT2D eigenvalue weighted by Gasteiger charge is -2.04. The monoisotopic (exact) mass is 344 g/mol. The van der Waals surface area contributed by atoms with Crippen LogP contribution in [0.25, 0.3) is 10.9 Å². The van der Waals surface area contributed by atoms with Gasteiger partial charge in [0.25, 0.3) is 11.7 Å². The summed E-state index contributed by atoms with van der Waals surface area (Å²) < 4.78 is 13.3. The van der Waals surface area contributed by atoms with Crippen molar-refractivity contribution in [3.63, 3.8) is 0 Å². The number of carbonyl (C=O) groups is 2. The highest BCUT2D eigenvalue weighted by Gasteiger charge is 2.19. The lowest BCUT2D eigenvalue weighted by atomic mass is 10.1. The number of halogens is 2. The van der Waals surface area contributed by atoms with E-state index in [2.05, 4.69) is 10.3 Å². The summed E-state index contributed by atoms with van der Waals surface area (Å²) in [7, 11) is 0. The van der Waals surface area contributed by atoms with E-state index in [1.165, 1.54) is 24.4 Å². The molecule has 0 aliphatic rings. The van der Waals surface area contributed by atoms with Gasteiger partial charge in [0.2, 0.25) is 0 Å². The molecule has 1 heterocycles. The number of hydrogen-bond acceptors (Lipinski definition) is 2. The first-order valence-electron chi connectivity index (χ1n) is 7.38. The zero-order chi connectivity index (χ0) is 17.1. The van der Waals surface area contributed by atoms with Crippen LogP contribution >= 0.6 is 11.6 Å². The molecule has 0 bridgehead atoms. The lowest BCUT2D eigenvalue weighted by Crippen LogP contribution is -2.32. The van der Waals surface area contributed by atoms with E-state index in [-0.39, 0.29) is 5.56 Å². The maximum atomic E-state index is 13.3. The molecule has 0 aliphatic heterocycles. The van der Waals surface area contributed by atoms with Gasteiger partial charge in [0.15, 0.2) is 0 Å². The van der Waals surface area contributed by atoms with Crippen molar-refractivity contribution in [3.8, 4) is 0 Å². The predicted octanol–water partition coefficient (Wildman–Crippen LogP) is 3.50. The minimum atomic E-state index is -0.714. The predicted molar refractivity (Wildman–Crippen MR) is 90.8 cm³/mol. The number of aromatic amines is 1. The van der Waals surface area contributed by atoms with E-state index in [9.17, 15) is 14.0 Å². The fourth-order valence-corrected chi connectivity index (χ4v) is 2.58. The molecule has 2 aromatic carbocycles. The fraction of sp³-hybridized carbons (Fsp3) is 0.111. The van der Waals surface area contributed by atoms with Crippen molar-refractivity contribution in [2.75, 3.05) is 6.54 Å². The molecule has 0 saturated heterocycles. The Morgan fingerprint density at radius 2 is 1.88 bits per heavy atom. The number of ketones is 1. The lowest BCUT2D eigenvalue weighted by molar-refractivity contribution is -0.116. The molecule has 0 saturated carbocycles. The molecule has 3 rings (SSSR count). The Bertz CT molecular complexity index is 903. The van der Waals surface area contributed by atoms with E-state index in [0.29, 0.717) is 28.9 Å². The van der Waals surface area contributed by atoms with Crippen molar-refractivity contribution in [3.05, 3.63) is 70.6 Å². The molecule has 1 aromatic heterocycles. The van der Waals surface area contributed by atoms with Crippen LogP contribution in [0.15, 0.2) is 48.7 Å². The quantitative estimate of drug-likeness (QED) is 0.549. The standard InChI is InChI=1S/C18H14ClFN2O2/c19-12-3-1-11(2-4-12)7-8-21-18(24)17(23)15-10-22-16-6-5-13(20)9-14(15)16/h1-6,9-10,22H,7-8H2,(H,21,24). The maximum absolute atomic E-state index is 13.3. The minimum absolute atomic E-state index is 0.161. The maximum Gasteiger partial charge on any atom is 0.292 e. The summed E-state index contributed by atoms with van der Waals surface area (Å²) in [5.41, 5.74) is 1.77. The summed E-state index contributed by atoms with van der Waals surface area (Å²) in [5, 5.41) is 3.62. The number of carbonyl (C=O) groups excluding carboxylic acids is 2. The number of H-pyrrole nitrogens is 1. The molecular formula is C18H14ClFN2O2. The average molecular weight is 345 g/mol. The third-order valence-corrected chi connectivity index (χ3v) is 3.96. The highest BCUT2D eigenvalue weighted by molar-refractivity contribution is 6.44. The van der Waals surface area contributed by atoms with Gasteiger partial charge in [-0.3, -0.25) is 9.59 Å². The van der Waals surface area contributed by atoms with Gasteiger partial charge in [-0.05, 0) is 42.3 Å². The van der Waals surface area contributed by atoms with E-state index >= 15 is 0 Å². The molecule has 0 fully saturated rings. The Labute approximate surface area is 142 Å². The van der Waals surface area contributed by atoms with E-state index in [4.69, 9.17) is 11.6 Å². The second-order valence-corrected chi connectivity index (χ2v) is 5.79. The molecule has 1 amide bonds. The van der Waals surface area contributed by atoms with Gasteiger partial charge in [-0.15, -0.1) is 0 Å². The normalized spacial score (nSPS) is 10.8. The third-order valence-electron chi connectivity index (χ3n) is 3.71. The second kappa shape index (κ2) is 6.84. The van der Waals surface area contributed by atoms with Crippen molar-refractivity contribution in [1.29, 1.82) is 0 Å². The Balaban J connectivity index is 1.64. The Morgan fingerprint density at radius 1 is 1.12 bits per heavy atom. The fourth-order valence-electron chi connectivity index (χ4n) is 2.45. The van der Waals surface area contributed by atoms with Crippen LogP contribution < -0.4 is 5.32 Å². The van der Waals surface area contributed by atoms with Crippen LogP contribution in [0.1, 0.15) is 15.9 Å². The van der Waals surface area contributed by atoms with Gasteiger partial charge in [-0.1, -0.05) is 23.7 Å². The zero-order valence-electron chi connectivity index (χ0n) is 12.6. The van der Waals surface area contributed by atoms with Crippen LogP contribution in [-0.4, -0.2) is 23.2 Å². The summed E-state index contributed by atoms with van der Waals surface area (Å²) in [4.78, 5) is 27.1. The summed E-state index contributed by atoms with van der Waals surface area (Å²) in [6.07, 6.45) is 2.00. The van der Waals surface area contributed by atoms with E-state index < -0.39 is 17.5 Å². The molecule has 24 heavy (non-hydrogen) atoms. The van der Waals surface area contributed by atoms with Gasteiger partial charge in [0.05, 0.1) is 5.56 Å². The van der Waals surface area contributed by atoms with Crippen LogP contribution in [0.3, 0.4) is 0 Å². The van der Waals surface area contributed by atoms with Crippen molar-refractivity contribution >= 4 is 34.2 Å². The summed E-state index contributed by atoms with van der Waals surface area (Å²) in [6, 6.07) is 11.3. The number of hydrogen-bond donors (Lipinski definition) is 2. The molecule has 0 unspecified atom stereocenters. The van der Waals surface area contributed by atoms with E-state index in [1.807, 2.05) is 12.1 Å². The summed E-state index contributed by atoms with van der Waals surface area (Å²) >= 11 is 5.81. The van der Waals surface area contributed by atoms with Gasteiger partial charge in [0, 0.05) is 28.7 Å². The van der Waals surface area contributed by atoms with Gasteiger partial charge in [-0.25, -0.2) is 4.39 Å². The largest absolute Gasteiger partial charge is 0.360 e. The van der Waals surface area contributed by atoms with Crippen LogP contribution in [0.4, 0.5) is 4.39 Å². The van der Waals surface area contributed by atoms with Crippen molar-refractivity contribution < 1.29 is 14.0 Å². The Morgan fingerprint density at radius 3 is 2.62 bits per heavy atom. The zero-order valence-corrected chi connectivity index (χ0v) is 13.4. The number of amides is 1. The Hall–Kier alpha value is -2.66. The van der Waals surface area contributed by atoms with Crippen molar-refractivity contribution in [2.24, 2.45) is 0 Å². The second-order valence-electron chi connectivity index (χ2n) is 5.35. The topological polar surface area (TPSA) is 62.0 Å². The van der Waals surface area contributed by atoms with Crippen molar-refractivity contribution in [1.82, 2.24) is 10.3 Å². The number of rotatable bonds is 5. The number of benzene rings is 2. The smallest absolute Gasteiger partial charge is 0.292 e. The number of nitrogens with one attached hydrogen (secondary N) is 2. The van der Waals surface area contributed by atoms with Crippen molar-refractivity contribution in [2.45, 2.75) is 6.42 Å². The molecule has 6 heteroatoms. The van der Waals surface area contributed by atoms with Crippen LogP contribution in [0, 0.1) is 5.82 Å². The van der Waals surface area contributed by atoms with Crippen LogP contribution in [-0.2, 0) is 11.2 Å². The highest BCUT2D eigenvalue weighted by atomic mass is 35.5. The van der Waals surface area contributed by atoms with Gasteiger partial charge in [0.1, 0.15) is 5.82 Å². The van der Waals surface area contributed by atoms with E-state index in [1.54, 1.807) is 12.1 Å². The first-order valence-corrected chi connectivity index (χ1v) is 7.76. The number of Topliss-reactive ketones (excluding diaryl/α,β-unsaturated/α-hetero) is 1. The number of aromatic nitrogens is 1. The summed E-state index contributed by atoms with van der Waals surface area (Å²) in [5.74, 6) is -1.86. The molecule has 2 N–H and O–H groups in total. The summed E-state index contributed by atoms with van der Waals surface area (Å²) in [6.45, 7) is 0.322. The molecule has 122 valence electrons. The third kappa shape index (κ3) is 3.46. The van der Waals surface area contributed by atoms with Crippen LogP contribution in [0.2, 0.25) is 5.02 Å². The first kappa shape index (κ1) is 16.2. The van der Waals surface area contributed by atoms with Gasteiger partial charge < -0.3 is 10.3 Å². The SMILES string of the molecule is O=C(NCCc1ccc(Cl)cc1)C(=O)c1c[nH]c2ccc(F)cc12. The highest BCUT2D eigenvalue weighted by Crippen LogP contribution is 2.19. The molecule has 0 atom stereocenters. The molecule has 0 radical (unpaired) electrons. The van der Waals surface area contributed by atoms with Crippen LogP contribution in [0.5, 0.6) is 0 Å².